The van der Waals surface area contributed by atoms with Gasteiger partial charge in [-0.15, -0.1) is 0 Å². The molecular weight excluding hydrogens is 316 g/mol. The number of phenols is 1. The number of hydrogen-bond acceptors (Lipinski definition) is 5. The predicted molar refractivity (Wildman–Crippen MR) is 75.1 cm³/mol. The largest absolute Gasteiger partial charge is 1.00 e. The molecule has 1 saturated heterocycles. The minimum absolute atomic E-state index is 0. The van der Waals surface area contributed by atoms with Gasteiger partial charge in [0.1, 0.15) is 0 Å². The molecule has 1 aromatic rings. The van der Waals surface area contributed by atoms with Gasteiger partial charge in [-0.1, -0.05) is 6.07 Å². The van der Waals surface area contributed by atoms with Crippen LogP contribution >= 0.6 is 11.8 Å². The van der Waals surface area contributed by atoms with E-state index in [1.807, 2.05) is 0 Å². The Morgan fingerprint density at radius 3 is 2.76 bits per heavy atom. The molecule has 21 heavy (non-hydrogen) atoms. The number of nitrogens with zero attached hydrogens (tertiary/aromatic N) is 1. The first-order chi connectivity index (χ1) is 9.56. The van der Waals surface area contributed by atoms with E-state index in [1.54, 1.807) is 18.2 Å². The van der Waals surface area contributed by atoms with Gasteiger partial charge in [0.05, 0.1) is 25.1 Å². The van der Waals surface area contributed by atoms with E-state index in [4.69, 9.17) is 4.74 Å². The molecule has 0 atom stereocenters. The Morgan fingerprint density at radius 1 is 1.43 bits per heavy atom. The average Bonchev–Trinajstić information content (AvgIpc) is 2.69. The number of rotatable bonds is 4. The molecule has 1 aliphatic rings. The van der Waals surface area contributed by atoms with Crippen LogP contribution in [0.2, 0.25) is 0 Å². The van der Waals surface area contributed by atoms with Gasteiger partial charge < -0.3 is 28.0 Å². The van der Waals surface area contributed by atoms with E-state index in [2.05, 4.69) is 5.73 Å². The highest BCUT2D eigenvalue weighted by Crippen LogP contribution is 2.33. The van der Waals surface area contributed by atoms with Crippen molar-refractivity contribution in [1.29, 1.82) is 0 Å². The summed E-state index contributed by atoms with van der Waals surface area (Å²) in [4.78, 5) is 25.3. The van der Waals surface area contributed by atoms with Crippen molar-refractivity contribution in [2.45, 2.75) is 0 Å². The van der Waals surface area contributed by atoms with Crippen LogP contribution in [0.25, 0.3) is 6.08 Å². The number of thioether (sulfide) groups is 1. The monoisotopic (exact) mass is 330 g/mol. The van der Waals surface area contributed by atoms with Crippen molar-refractivity contribution in [3.8, 4) is 11.5 Å². The summed E-state index contributed by atoms with van der Waals surface area (Å²) < 4.78 is 5.00. The molecule has 6 nitrogen and oxygen atoms in total. The highest BCUT2D eigenvalue weighted by Gasteiger charge is 2.34. The number of halogens is 1. The van der Waals surface area contributed by atoms with Crippen LogP contribution in [0.5, 0.6) is 11.5 Å². The number of amides is 2. The summed E-state index contributed by atoms with van der Waals surface area (Å²) in [6.45, 7) is 0.805. The minimum atomic E-state index is -0.310. The van der Waals surface area contributed by atoms with Crippen LogP contribution < -0.4 is 22.9 Å². The zero-order chi connectivity index (χ0) is 14.7. The second-order valence-corrected chi connectivity index (χ2v) is 5.11. The Kier molecular flexibility index (Phi) is 6.07. The van der Waals surface area contributed by atoms with Crippen molar-refractivity contribution in [1.82, 2.24) is 4.90 Å². The number of imide groups is 1. The molecule has 0 saturated carbocycles. The molecule has 0 unspecified atom stereocenters. The van der Waals surface area contributed by atoms with E-state index in [1.165, 1.54) is 18.1 Å². The van der Waals surface area contributed by atoms with Crippen molar-refractivity contribution in [3.63, 3.8) is 0 Å². The van der Waals surface area contributed by atoms with E-state index in [0.29, 0.717) is 29.3 Å². The first kappa shape index (κ1) is 17.4. The van der Waals surface area contributed by atoms with Crippen LogP contribution in [-0.2, 0) is 4.79 Å². The summed E-state index contributed by atoms with van der Waals surface area (Å²) in [5, 5.41) is 9.23. The number of aromatic hydroxyl groups is 1. The smallest absolute Gasteiger partial charge is 0.293 e. The normalized spacial score (nSPS) is 16.3. The van der Waals surface area contributed by atoms with Crippen molar-refractivity contribution >= 4 is 29.0 Å². The van der Waals surface area contributed by atoms with Crippen molar-refractivity contribution < 1.29 is 37.6 Å². The minimum Gasteiger partial charge on any atom is -1.00 e. The molecule has 1 aliphatic heterocycles. The standard InChI is InChI=1S/C13H14N2O4S.ClH/c1-19-10-6-8(2-3-9(10)16)7-11-12(17)15(5-4-14)13(18)20-11;/h2-3,6-7,16H,4-5,14H2,1H3;1H/b11-7-;. The molecule has 8 heteroatoms. The lowest BCUT2D eigenvalue weighted by atomic mass is 10.2. The zero-order valence-corrected chi connectivity index (χ0v) is 12.9. The number of hydrogen-bond donors (Lipinski definition) is 2. The van der Waals surface area contributed by atoms with Crippen LogP contribution in [0, 0.1) is 0 Å². The first-order valence-corrected chi connectivity index (χ1v) is 6.80. The van der Waals surface area contributed by atoms with E-state index < -0.39 is 0 Å². The summed E-state index contributed by atoms with van der Waals surface area (Å²) in [6, 6.07) is 4.72. The molecule has 1 heterocycles. The van der Waals surface area contributed by atoms with Gasteiger partial charge in [0.25, 0.3) is 11.1 Å². The maximum Gasteiger partial charge on any atom is 0.293 e. The fourth-order valence-electron chi connectivity index (χ4n) is 1.79. The summed E-state index contributed by atoms with van der Waals surface area (Å²) in [7, 11) is 1.45. The van der Waals surface area contributed by atoms with E-state index in [9.17, 15) is 14.7 Å². The number of ether oxygens (including phenoxy) is 1. The molecule has 0 radical (unpaired) electrons. The molecule has 0 bridgehead atoms. The maximum atomic E-state index is 12.0. The van der Waals surface area contributed by atoms with Crippen molar-refractivity contribution in [2.75, 3.05) is 20.2 Å². The highest BCUT2D eigenvalue weighted by atomic mass is 35.5. The van der Waals surface area contributed by atoms with Crippen LogP contribution in [0.15, 0.2) is 23.1 Å². The van der Waals surface area contributed by atoms with Crippen molar-refractivity contribution in [2.24, 2.45) is 0 Å². The molecule has 1 fully saturated rings. The highest BCUT2D eigenvalue weighted by molar-refractivity contribution is 8.18. The fraction of sp³-hybridized carbons (Fsp3) is 0.231. The Balaban J connectivity index is 0.00000220. The lowest BCUT2D eigenvalue weighted by molar-refractivity contribution is -0.367. The molecular formula is C13H15ClN2O4S. The Morgan fingerprint density at radius 2 is 2.14 bits per heavy atom. The third-order valence-corrected chi connectivity index (χ3v) is 3.66. The van der Waals surface area contributed by atoms with E-state index >= 15 is 0 Å². The van der Waals surface area contributed by atoms with Crippen LogP contribution in [-0.4, -0.2) is 41.4 Å². The Bertz CT molecular complexity index is 592. The Hall–Kier alpha value is -1.70. The van der Waals surface area contributed by atoms with Gasteiger partial charge in [0, 0.05) is 0 Å². The molecule has 2 rings (SSSR count). The van der Waals surface area contributed by atoms with Crippen LogP contribution in [0.3, 0.4) is 0 Å². The number of carbonyl (C=O) groups excluding carboxylic acids is 2. The quantitative estimate of drug-likeness (QED) is 0.605. The third-order valence-electron chi connectivity index (χ3n) is 2.76. The second kappa shape index (κ2) is 7.35. The second-order valence-electron chi connectivity index (χ2n) is 4.12. The number of carbonyl (C=O) groups is 2. The molecule has 0 spiro atoms. The van der Waals surface area contributed by atoms with Gasteiger partial charge in [-0.05, 0) is 35.5 Å². The molecule has 0 aliphatic carbocycles. The van der Waals surface area contributed by atoms with E-state index in [0.717, 1.165) is 11.8 Å². The topological polar surface area (TPSA) is 94.5 Å². The Labute approximate surface area is 132 Å². The lowest BCUT2D eigenvalue weighted by Gasteiger charge is -2.08. The summed E-state index contributed by atoms with van der Waals surface area (Å²) in [5.41, 5.74) is 4.32. The van der Waals surface area contributed by atoms with Gasteiger partial charge in [-0.3, -0.25) is 14.5 Å². The van der Waals surface area contributed by atoms with Gasteiger partial charge in [0.15, 0.2) is 11.5 Å². The summed E-state index contributed by atoms with van der Waals surface area (Å²) in [5.74, 6) is 0.0289. The van der Waals surface area contributed by atoms with Gasteiger partial charge in [-0.2, -0.15) is 0 Å². The number of phenolic OH excluding ortho intramolecular Hbond substituents is 1. The van der Waals surface area contributed by atoms with Crippen molar-refractivity contribution in [3.05, 3.63) is 28.7 Å². The lowest BCUT2D eigenvalue weighted by Crippen LogP contribution is -3.00. The van der Waals surface area contributed by atoms with Crippen LogP contribution in [0.4, 0.5) is 4.79 Å². The predicted octanol–water partition coefficient (Wildman–Crippen LogP) is -2.32. The maximum absolute atomic E-state index is 12.0. The molecule has 114 valence electrons. The summed E-state index contributed by atoms with van der Waals surface area (Å²) in [6.07, 6.45) is 1.61. The molecule has 4 N–H and O–H groups in total. The average molecular weight is 331 g/mol. The molecule has 2 amide bonds. The van der Waals surface area contributed by atoms with Gasteiger partial charge >= 0.3 is 0 Å². The number of quaternary nitrogens is 1. The van der Waals surface area contributed by atoms with Gasteiger partial charge in [-0.25, -0.2) is 0 Å². The molecule has 0 aromatic heterocycles. The summed E-state index contributed by atoms with van der Waals surface area (Å²) >= 11 is 0.902. The third kappa shape index (κ3) is 3.69. The van der Waals surface area contributed by atoms with E-state index in [-0.39, 0.29) is 29.3 Å². The SMILES string of the molecule is COc1cc(/C=C2\SC(=O)N(CC[NH3+])C2=O)ccc1O.[Cl-]. The van der Waals surface area contributed by atoms with Crippen LogP contribution in [0.1, 0.15) is 5.56 Å². The number of benzene rings is 1. The zero-order valence-electron chi connectivity index (χ0n) is 11.3. The molecule has 1 aromatic carbocycles. The number of methoxy groups -OCH3 is 1. The van der Waals surface area contributed by atoms with Gasteiger partial charge in [0.2, 0.25) is 0 Å². The fourth-order valence-corrected chi connectivity index (χ4v) is 2.65. The first-order valence-electron chi connectivity index (χ1n) is 5.98.